The number of rotatable bonds is 4. The van der Waals surface area contributed by atoms with Crippen molar-refractivity contribution in [3.63, 3.8) is 0 Å². The van der Waals surface area contributed by atoms with Crippen LogP contribution >= 0.6 is 0 Å². The van der Waals surface area contributed by atoms with E-state index in [0.29, 0.717) is 12.1 Å². The SMILES string of the molecule is Cc1ccc(C(=O)NCC(=O)N2C[C@@H]3CCC[C@H]3[C@H]2C(=O)O)cc1C. The molecular weight excluding hydrogens is 320 g/mol. The molecule has 1 aliphatic carbocycles. The Balaban J connectivity index is 1.63. The number of hydrogen-bond acceptors (Lipinski definition) is 3. The quantitative estimate of drug-likeness (QED) is 0.871. The zero-order valence-corrected chi connectivity index (χ0v) is 14.6. The van der Waals surface area contributed by atoms with Crippen LogP contribution < -0.4 is 5.32 Å². The second-order valence-corrected chi connectivity index (χ2v) is 7.17. The number of carboxylic acid groups (broad SMARTS) is 1. The molecular formula is C19H24N2O4. The van der Waals surface area contributed by atoms with E-state index in [1.807, 2.05) is 19.9 Å². The number of likely N-dealkylation sites (tertiary alicyclic amines) is 1. The lowest BCUT2D eigenvalue weighted by atomic mass is 9.94. The minimum absolute atomic E-state index is 0.0527. The Labute approximate surface area is 147 Å². The molecule has 0 bridgehead atoms. The van der Waals surface area contributed by atoms with Gasteiger partial charge in [-0.3, -0.25) is 9.59 Å². The van der Waals surface area contributed by atoms with Crippen molar-refractivity contribution in [2.45, 2.75) is 39.2 Å². The molecule has 1 aromatic carbocycles. The van der Waals surface area contributed by atoms with Gasteiger partial charge >= 0.3 is 5.97 Å². The van der Waals surface area contributed by atoms with E-state index < -0.39 is 12.0 Å². The highest BCUT2D eigenvalue weighted by molar-refractivity contribution is 5.97. The summed E-state index contributed by atoms with van der Waals surface area (Å²) in [5.41, 5.74) is 2.61. The van der Waals surface area contributed by atoms with Crippen molar-refractivity contribution in [2.24, 2.45) is 11.8 Å². The van der Waals surface area contributed by atoms with Crippen molar-refractivity contribution in [2.75, 3.05) is 13.1 Å². The van der Waals surface area contributed by atoms with Crippen LogP contribution in [0.3, 0.4) is 0 Å². The summed E-state index contributed by atoms with van der Waals surface area (Å²) in [6.45, 7) is 4.21. The van der Waals surface area contributed by atoms with E-state index in [4.69, 9.17) is 0 Å². The molecule has 0 aromatic heterocycles. The first kappa shape index (κ1) is 17.5. The van der Waals surface area contributed by atoms with Gasteiger partial charge in [0.2, 0.25) is 5.91 Å². The highest BCUT2D eigenvalue weighted by Gasteiger charge is 2.49. The molecule has 3 rings (SSSR count). The number of carbonyl (C=O) groups is 3. The Morgan fingerprint density at radius 2 is 1.96 bits per heavy atom. The van der Waals surface area contributed by atoms with E-state index in [9.17, 15) is 19.5 Å². The first-order valence-corrected chi connectivity index (χ1v) is 8.76. The van der Waals surface area contributed by atoms with Crippen LogP contribution in [0.5, 0.6) is 0 Å². The van der Waals surface area contributed by atoms with Gasteiger partial charge in [0, 0.05) is 12.1 Å². The van der Waals surface area contributed by atoms with E-state index in [1.165, 1.54) is 4.90 Å². The molecule has 3 atom stereocenters. The lowest BCUT2D eigenvalue weighted by Crippen LogP contribution is -2.47. The lowest BCUT2D eigenvalue weighted by Gasteiger charge is -2.24. The summed E-state index contributed by atoms with van der Waals surface area (Å²) in [6.07, 6.45) is 2.87. The summed E-state index contributed by atoms with van der Waals surface area (Å²) >= 11 is 0. The van der Waals surface area contributed by atoms with Gasteiger partial charge in [-0.2, -0.15) is 0 Å². The molecule has 1 saturated heterocycles. The molecule has 0 radical (unpaired) electrons. The van der Waals surface area contributed by atoms with Gasteiger partial charge < -0.3 is 15.3 Å². The van der Waals surface area contributed by atoms with Gasteiger partial charge in [0.15, 0.2) is 0 Å². The van der Waals surface area contributed by atoms with Crippen LogP contribution in [0.4, 0.5) is 0 Å². The summed E-state index contributed by atoms with van der Waals surface area (Å²) in [7, 11) is 0. The molecule has 1 heterocycles. The van der Waals surface area contributed by atoms with Gasteiger partial charge in [-0.1, -0.05) is 12.5 Å². The van der Waals surface area contributed by atoms with Gasteiger partial charge in [0.05, 0.1) is 6.54 Å². The molecule has 6 heteroatoms. The number of amides is 2. The molecule has 0 unspecified atom stereocenters. The van der Waals surface area contributed by atoms with Crippen LogP contribution in [0, 0.1) is 25.7 Å². The van der Waals surface area contributed by atoms with Crippen molar-refractivity contribution in [1.82, 2.24) is 10.2 Å². The molecule has 1 aliphatic heterocycles. The smallest absolute Gasteiger partial charge is 0.326 e. The molecule has 6 nitrogen and oxygen atoms in total. The normalized spacial score (nSPS) is 24.9. The summed E-state index contributed by atoms with van der Waals surface area (Å²) in [5.74, 6) is -1.25. The summed E-state index contributed by atoms with van der Waals surface area (Å²) in [6, 6.07) is 4.63. The largest absolute Gasteiger partial charge is 0.480 e. The number of carboxylic acids is 1. The highest BCUT2D eigenvalue weighted by atomic mass is 16.4. The van der Waals surface area contributed by atoms with Gasteiger partial charge in [0.25, 0.3) is 5.91 Å². The number of aryl methyl sites for hydroxylation is 2. The van der Waals surface area contributed by atoms with Crippen LogP contribution in [0.15, 0.2) is 18.2 Å². The van der Waals surface area contributed by atoms with Crippen molar-refractivity contribution < 1.29 is 19.5 Å². The number of hydrogen-bond donors (Lipinski definition) is 2. The maximum atomic E-state index is 12.5. The summed E-state index contributed by atoms with van der Waals surface area (Å²) in [4.78, 5) is 37.8. The van der Waals surface area contributed by atoms with Gasteiger partial charge in [-0.25, -0.2) is 4.79 Å². The molecule has 134 valence electrons. The molecule has 25 heavy (non-hydrogen) atoms. The summed E-state index contributed by atoms with van der Waals surface area (Å²) in [5, 5.41) is 12.1. The molecule has 1 aromatic rings. The lowest BCUT2D eigenvalue weighted by molar-refractivity contribution is -0.149. The third kappa shape index (κ3) is 3.38. The Morgan fingerprint density at radius 3 is 2.64 bits per heavy atom. The van der Waals surface area contributed by atoms with Crippen LogP contribution in [0.1, 0.15) is 40.7 Å². The third-order valence-corrected chi connectivity index (χ3v) is 5.63. The minimum atomic E-state index is -0.941. The average molecular weight is 344 g/mol. The van der Waals surface area contributed by atoms with Crippen LogP contribution in [-0.4, -0.2) is 46.9 Å². The zero-order valence-electron chi connectivity index (χ0n) is 14.6. The fourth-order valence-electron chi connectivity index (χ4n) is 4.12. The van der Waals surface area contributed by atoms with E-state index in [1.54, 1.807) is 12.1 Å². The van der Waals surface area contributed by atoms with Crippen molar-refractivity contribution in [1.29, 1.82) is 0 Å². The Morgan fingerprint density at radius 1 is 1.20 bits per heavy atom. The summed E-state index contributed by atoms with van der Waals surface area (Å²) < 4.78 is 0. The van der Waals surface area contributed by atoms with Crippen molar-refractivity contribution in [3.05, 3.63) is 34.9 Å². The number of nitrogens with one attached hydrogen (secondary N) is 1. The second-order valence-electron chi connectivity index (χ2n) is 7.17. The molecule has 2 aliphatic rings. The van der Waals surface area contributed by atoms with Crippen LogP contribution in [0.2, 0.25) is 0 Å². The second kappa shape index (κ2) is 6.86. The molecule has 2 N–H and O–H groups in total. The van der Waals surface area contributed by atoms with E-state index in [0.717, 1.165) is 30.4 Å². The zero-order chi connectivity index (χ0) is 18.1. The maximum absolute atomic E-state index is 12.5. The first-order chi connectivity index (χ1) is 11.9. The monoisotopic (exact) mass is 344 g/mol. The number of carbonyl (C=O) groups excluding carboxylic acids is 2. The number of aliphatic carboxylic acids is 1. The van der Waals surface area contributed by atoms with Crippen molar-refractivity contribution >= 4 is 17.8 Å². The van der Waals surface area contributed by atoms with Crippen LogP contribution in [0.25, 0.3) is 0 Å². The predicted octanol–water partition coefficient (Wildman–Crippen LogP) is 1.74. The third-order valence-electron chi connectivity index (χ3n) is 5.63. The number of benzene rings is 1. The fourth-order valence-corrected chi connectivity index (χ4v) is 4.12. The minimum Gasteiger partial charge on any atom is -0.480 e. The number of nitrogens with zero attached hydrogens (tertiary/aromatic N) is 1. The van der Waals surface area contributed by atoms with Gasteiger partial charge in [-0.05, 0) is 61.8 Å². The van der Waals surface area contributed by atoms with E-state index in [2.05, 4.69) is 5.32 Å². The molecule has 2 fully saturated rings. The maximum Gasteiger partial charge on any atom is 0.326 e. The van der Waals surface area contributed by atoms with E-state index >= 15 is 0 Å². The Bertz CT molecular complexity index is 715. The fraction of sp³-hybridized carbons (Fsp3) is 0.526. The van der Waals surface area contributed by atoms with Crippen LogP contribution in [-0.2, 0) is 9.59 Å². The Kier molecular flexibility index (Phi) is 4.79. The first-order valence-electron chi connectivity index (χ1n) is 8.76. The highest BCUT2D eigenvalue weighted by Crippen LogP contribution is 2.42. The predicted molar refractivity (Wildman–Crippen MR) is 92.2 cm³/mol. The van der Waals surface area contributed by atoms with Gasteiger partial charge in [0.1, 0.15) is 6.04 Å². The van der Waals surface area contributed by atoms with E-state index in [-0.39, 0.29) is 30.2 Å². The molecule has 0 spiro atoms. The molecule has 2 amide bonds. The average Bonchev–Trinajstić information content (AvgIpc) is 3.15. The number of fused-ring (bicyclic) bond motifs is 1. The molecule has 1 saturated carbocycles. The Hall–Kier alpha value is -2.37. The standard InChI is InChI=1S/C19H24N2O4/c1-11-6-7-13(8-12(11)2)18(23)20-9-16(22)21-10-14-4-3-5-15(14)17(21)19(24)25/h6-8,14-15,17H,3-5,9-10H2,1-2H3,(H,20,23)(H,24,25)/t14-,15+,17-/m0/s1. The van der Waals surface area contributed by atoms with Gasteiger partial charge in [-0.15, -0.1) is 0 Å². The van der Waals surface area contributed by atoms with Crippen molar-refractivity contribution in [3.8, 4) is 0 Å². The topological polar surface area (TPSA) is 86.7 Å².